The predicted octanol–water partition coefficient (Wildman–Crippen LogP) is 3.59. The first kappa shape index (κ1) is 17.8. The first-order valence-corrected chi connectivity index (χ1v) is 7.15. The van der Waals surface area contributed by atoms with Gasteiger partial charge in [0.25, 0.3) is 0 Å². The smallest absolute Gasteiger partial charge is 0.311 e. The van der Waals surface area contributed by atoms with Crippen molar-refractivity contribution >= 4 is 46.4 Å². The first-order valence-electron chi connectivity index (χ1n) is 6.02. The summed E-state index contributed by atoms with van der Waals surface area (Å²) in [5.41, 5.74) is -0.290. The maximum Gasteiger partial charge on any atom is 0.311 e. The summed E-state index contributed by atoms with van der Waals surface area (Å²) >= 11 is 17.2. The molecule has 1 aromatic carbocycles. The molecular formula is C12H13Cl3N2O4. The minimum atomic E-state index is -1.98. The van der Waals surface area contributed by atoms with Gasteiger partial charge >= 0.3 is 5.69 Å². The van der Waals surface area contributed by atoms with E-state index in [2.05, 4.69) is 5.32 Å². The number of ether oxygens (including phenoxy) is 1. The maximum absolute atomic E-state index is 11.6. The SMILES string of the molecule is CCCC(=O)NC(Oc1ccccc1[N+](=O)[O-])C(Cl)(Cl)Cl. The second kappa shape index (κ2) is 7.68. The van der Waals surface area contributed by atoms with Gasteiger partial charge in [0.15, 0.2) is 5.75 Å². The fraction of sp³-hybridized carbons (Fsp3) is 0.417. The van der Waals surface area contributed by atoms with E-state index >= 15 is 0 Å². The molecular weight excluding hydrogens is 343 g/mol. The number of nitrogens with zero attached hydrogens (tertiary/aromatic N) is 1. The average Bonchev–Trinajstić information content (AvgIpc) is 2.37. The van der Waals surface area contributed by atoms with Gasteiger partial charge in [0.05, 0.1) is 4.92 Å². The molecule has 0 aliphatic rings. The van der Waals surface area contributed by atoms with Crippen LogP contribution in [0.4, 0.5) is 5.69 Å². The number of carbonyl (C=O) groups is 1. The molecule has 0 fully saturated rings. The number of para-hydroxylation sites is 2. The Balaban J connectivity index is 2.97. The second-order valence-electron chi connectivity index (χ2n) is 4.08. The second-order valence-corrected chi connectivity index (χ2v) is 6.45. The van der Waals surface area contributed by atoms with Crippen molar-refractivity contribution in [1.29, 1.82) is 0 Å². The summed E-state index contributed by atoms with van der Waals surface area (Å²) in [5.74, 6) is -0.483. The summed E-state index contributed by atoms with van der Waals surface area (Å²) in [6.07, 6.45) is -0.524. The Bertz CT molecular complexity index is 519. The molecule has 1 atom stereocenters. The average molecular weight is 356 g/mol. The highest BCUT2D eigenvalue weighted by molar-refractivity contribution is 6.68. The summed E-state index contributed by atoms with van der Waals surface area (Å²) in [6, 6.07) is 5.61. The van der Waals surface area contributed by atoms with Crippen molar-refractivity contribution in [1.82, 2.24) is 5.32 Å². The molecule has 0 radical (unpaired) electrons. The van der Waals surface area contributed by atoms with Gasteiger partial charge < -0.3 is 10.1 Å². The molecule has 1 amide bonds. The quantitative estimate of drug-likeness (QED) is 0.366. The summed E-state index contributed by atoms with van der Waals surface area (Å²) in [7, 11) is 0. The van der Waals surface area contributed by atoms with Crippen LogP contribution < -0.4 is 10.1 Å². The van der Waals surface area contributed by atoms with Crippen molar-refractivity contribution in [2.24, 2.45) is 0 Å². The van der Waals surface area contributed by atoms with Gasteiger partial charge in [-0.2, -0.15) is 0 Å². The lowest BCUT2D eigenvalue weighted by Gasteiger charge is -2.26. The van der Waals surface area contributed by atoms with Gasteiger partial charge in [0.2, 0.25) is 15.9 Å². The summed E-state index contributed by atoms with van der Waals surface area (Å²) in [5, 5.41) is 13.3. The van der Waals surface area contributed by atoms with Crippen molar-refractivity contribution in [2.75, 3.05) is 0 Å². The zero-order valence-electron chi connectivity index (χ0n) is 11.0. The van der Waals surface area contributed by atoms with Crippen LogP contribution in [0, 0.1) is 10.1 Å². The number of hydrogen-bond acceptors (Lipinski definition) is 4. The third-order valence-electron chi connectivity index (χ3n) is 2.37. The molecule has 0 spiro atoms. The molecule has 0 aliphatic heterocycles. The topological polar surface area (TPSA) is 81.5 Å². The predicted molar refractivity (Wildman–Crippen MR) is 80.9 cm³/mol. The number of carbonyl (C=O) groups excluding carboxylic acids is 1. The lowest BCUT2D eigenvalue weighted by Crippen LogP contribution is -2.47. The summed E-state index contributed by atoms with van der Waals surface area (Å²) in [4.78, 5) is 21.9. The number of benzene rings is 1. The van der Waals surface area contributed by atoms with Crippen molar-refractivity contribution in [2.45, 2.75) is 29.8 Å². The van der Waals surface area contributed by atoms with Crippen molar-refractivity contribution in [3.05, 3.63) is 34.4 Å². The zero-order chi connectivity index (χ0) is 16.0. The first-order chi connectivity index (χ1) is 9.75. The summed E-state index contributed by atoms with van der Waals surface area (Å²) in [6.45, 7) is 1.81. The number of hydrogen-bond donors (Lipinski definition) is 1. The minimum absolute atomic E-state index is 0.101. The van der Waals surface area contributed by atoms with E-state index in [0.717, 1.165) is 0 Å². The van der Waals surface area contributed by atoms with Crippen LogP contribution in [0.15, 0.2) is 24.3 Å². The Morgan fingerprint density at radius 2 is 2.05 bits per heavy atom. The highest BCUT2D eigenvalue weighted by Gasteiger charge is 2.37. The molecule has 0 aromatic heterocycles. The maximum atomic E-state index is 11.6. The van der Waals surface area contributed by atoms with Crippen LogP contribution in [0.3, 0.4) is 0 Å². The monoisotopic (exact) mass is 354 g/mol. The van der Waals surface area contributed by atoms with Crippen LogP contribution in [0.25, 0.3) is 0 Å². The molecule has 21 heavy (non-hydrogen) atoms. The van der Waals surface area contributed by atoms with Crippen molar-refractivity contribution in [3.63, 3.8) is 0 Å². The number of rotatable bonds is 6. The van der Waals surface area contributed by atoms with Crippen LogP contribution in [0.1, 0.15) is 19.8 Å². The lowest BCUT2D eigenvalue weighted by molar-refractivity contribution is -0.386. The zero-order valence-corrected chi connectivity index (χ0v) is 13.3. The Kier molecular flexibility index (Phi) is 6.51. The van der Waals surface area contributed by atoms with Gasteiger partial charge in [-0.1, -0.05) is 53.9 Å². The van der Waals surface area contributed by atoms with E-state index in [1.165, 1.54) is 24.3 Å². The van der Waals surface area contributed by atoms with Gasteiger partial charge in [-0.25, -0.2) is 0 Å². The third-order valence-corrected chi connectivity index (χ3v) is 2.97. The molecule has 6 nitrogen and oxygen atoms in total. The molecule has 1 rings (SSSR count). The molecule has 0 aliphatic carbocycles. The van der Waals surface area contributed by atoms with Crippen LogP contribution in [-0.4, -0.2) is 20.9 Å². The highest BCUT2D eigenvalue weighted by atomic mass is 35.6. The van der Waals surface area contributed by atoms with E-state index in [0.29, 0.717) is 6.42 Å². The van der Waals surface area contributed by atoms with E-state index in [1.807, 2.05) is 6.92 Å². The minimum Gasteiger partial charge on any atom is -0.459 e. The molecule has 1 N–H and O–H groups in total. The number of nitro benzene ring substituents is 1. The molecule has 9 heteroatoms. The number of amides is 1. The molecule has 1 unspecified atom stereocenters. The van der Waals surface area contributed by atoms with E-state index in [4.69, 9.17) is 39.5 Å². The van der Waals surface area contributed by atoms with E-state index in [9.17, 15) is 14.9 Å². The largest absolute Gasteiger partial charge is 0.459 e. The Hall–Kier alpha value is -1.24. The number of alkyl halides is 3. The lowest BCUT2D eigenvalue weighted by atomic mass is 10.3. The van der Waals surface area contributed by atoms with Crippen LogP contribution in [0.2, 0.25) is 0 Å². The molecule has 0 bridgehead atoms. The number of nitro groups is 1. The van der Waals surface area contributed by atoms with Gasteiger partial charge in [-0.15, -0.1) is 0 Å². The van der Waals surface area contributed by atoms with Crippen LogP contribution in [-0.2, 0) is 4.79 Å². The van der Waals surface area contributed by atoms with E-state index < -0.39 is 14.9 Å². The molecule has 0 saturated carbocycles. The molecule has 116 valence electrons. The Labute approximate surface area is 136 Å². The van der Waals surface area contributed by atoms with Gasteiger partial charge in [0, 0.05) is 12.5 Å². The van der Waals surface area contributed by atoms with Crippen molar-refractivity contribution in [3.8, 4) is 5.75 Å². The molecule has 0 heterocycles. The normalized spacial score (nSPS) is 12.6. The molecule has 0 saturated heterocycles. The van der Waals surface area contributed by atoms with Crippen molar-refractivity contribution < 1.29 is 14.5 Å². The van der Waals surface area contributed by atoms with E-state index in [1.54, 1.807) is 0 Å². The fourth-order valence-corrected chi connectivity index (χ4v) is 1.76. The third kappa shape index (κ3) is 5.57. The van der Waals surface area contributed by atoms with E-state index in [-0.39, 0.29) is 23.8 Å². The number of nitrogens with one attached hydrogen (secondary N) is 1. The molecule has 1 aromatic rings. The van der Waals surface area contributed by atoms with Crippen LogP contribution in [0.5, 0.6) is 5.75 Å². The van der Waals surface area contributed by atoms with Gasteiger partial charge in [-0.05, 0) is 12.5 Å². The Morgan fingerprint density at radius 1 is 1.43 bits per heavy atom. The standard InChI is InChI=1S/C12H13Cl3N2O4/c1-2-5-10(18)16-11(12(13,14)15)21-9-7-4-3-6-8(9)17(19)20/h3-4,6-7,11H,2,5H2,1H3,(H,16,18). The number of halogens is 3. The Morgan fingerprint density at radius 3 is 2.57 bits per heavy atom. The van der Waals surface area contributed by atoms with Gasteiger partial charge in [0.1, 0.15) is 0 Å². The van der Waals surface area contributed by atoms with Crippen LogP contribution >= 0.6 is 34.8 Å². The van der Waals surface area contributed by atoms with Gasteiger partial charge in [-0.3, -0.25) is 14.9 Å². The summed E-state index contributed by atoms with van der Waals surface area (Å²) < 4.78 is 3.34. The fourth-order valence-electron chi connectivity index (χ4n) is 1.46. The highest BCUT2D eigenvalue weighted by Crippen LogP contribution is 2.34.